The van der Waals surface area contributed by atoms with Crippen molar-refractivity contribution in [2.45, 2.75) is 38.1 Å². The average molecular weight is 182 g/mol. The first kappa shape index (κ1) is 9.00. The number of rotatable bonds is 1. The van der Waals surface area contributed by atoms with Gasteiger partial charge < -0.3 is 10.2 Å². The van der Waals surface area contributed by atoms with E-state index in [-0.39, 0.29) is 5.54 Å². The number of hydrogen-bond acceptors (Lipinski definition) is 2. The van der Waals surface area contributed by atoms with Gasteiger partial charge in [-0.05, 0) is 39.3 Å². The summed E-state index contributed by atoms with van der Waals surface area (Å²) in [4.78, 5) is 13.7. The van der Waals surface area contributed by atoms with Crippen molar-refractivity contribution in [3.05, 3.63) is 0 Å². The standard InChI is InChI=1S/C10H18N2O/c1-10(4-6-11-7-5-10)12-8-2-3-9(12)13/h11H,2-8H2,1H3. The van der Waals surface area contributed by atoms with Crippen LogP contribution in [0.3, 0.4) is 0 Å². The van der Waals surface area contributed by atoms with Gasteiger partial charge in [0, 0.05) is 18.5 Å². The fraction of sp³-hybridized carbons (Fsp3) is 0.900. The summed E-state index contributed by atoms with van der Waals surface area (Å²) in [6.45, 7) is 5.33. The molecule has 0 radical (unpaired) electrons. The average Bonchev–Trinajstić information content (AvgIpc) is 2.53. The van der Waals surface area contributed by atoms with Gasteiger partial charge in [-0.2, -0.15) is 0 Å². The smallest absolute Gasteiger partial charge is 0.223 e. The Labute approximate surface area is 79.5 Å². The summed E-state index contributed by atoms with van der Waals surface area (Å²) in [6.07, 6.45) is 4.04. The van der Waals surface area contributed by atoms with Crippen LogP contribution in [-0.2, 0) is 4.79 Å². The quantitative estimate of drug-likeness (QED) is 0.649. The van der Waals surface area contributed by atoms with Crippen LogP contribution in [0.1, 0.15) is 32.6 Å². The van der Waals surface area contributed by atoms with Crippen LogP contribution in [-0.4, -0.2) is 36.0 Å². The SMILES string of the molecule is CC1(N2CCCC2=O)CCNCC1. The van der Waals surface area contributed by atoms with Crippen molar-refractivity contribution in [3.8, 4) is 0 Å². The maximum absolute atomic E-state index is 11.6. The number of piperidine rings is 1. The number of likely N-dealkylation sites (tertiary alicyclic amines) is 1. The Kier molecular flexibility index (Phi) is 2.28. The van der Waals surface area contributed by atoms with E-state index in [1.165, 1.54) is 0 Å². The maximum atomic E-state index is 11.6. The zero-order chi connectivity index (χ0) is 9.31. The Hall–Kier alpha value is -0.570. The van der Waals surface area contributed by atoms with E-state index in [0.29, 0.717) is 5.91 Å². The summed E-state index contributed by atoms with van der Waals surface area (Å²) in [6, 6.07) is 0. The predicted octanol–water partition coefficient (Wildman–Crippen LogP) is 0.751. The minimum absolute atomic E-state index is 0.152. The molecule has 0 aromatic rings. The van der Waals surface area contributed by atoms with E-state index in [9.17, 15) is 4.79 Å². The molecule has 0 atom stereocenters. The van der Waals surface area contributed by atoms with E-state index in [1.54, 1.807) is 0 Å². The van der Waals surface area contributed by atoms with Crippen LogP contribution in [0.15, 0.2) is 0 Å². The van der Waals surface area contributed by atoms with E-state index >= 15 is 0 Å². The summed E-state index contributed by atoms with van der Waals surface area (Å²) in [5, 5.41) is 3.34. The van der Waals surface area contributed by atoms with Crippen molar-refractivity contribution >= 4 is 5.91 Å². The molecule has 2 aliphatic heterocycles. The molecule has 1 N–H and O–H groups in total. The van der Waals surface area contributed by atoms with E-state index in [1.807, 2.05) is 0 Å². The molecule has 0 spiro atoms. The molecule has 3 heteroatoms. The summed E-state index contributed by atoms with van der Waals surface area (Å²) >= 11 is 0. The van der Waals surface area contributed by atoms with Crippen LogP contribution in [0, 0.1) is 0 Å². The van der Waals surface area contributed by atoms with Gasteiger partial charge in [-0.15, -0.1) is 0 Å². The van der Waals surface area contributed by atoms with Gasteiger partial charge in [0.25, 0.3) is 0 Å². The van der Waals surface area contributed by atoms with Crippen molar-refractivity contribution in [2.75, 3.05) is 19.6 Å². The normalized spacial score (nSPS) is 28.1. The topological polar surface area (TPSA) is 32.3 Å². The number of carbonyl (C=O) groups excluding carboxylic acids is 1. The van der Waals surface area contributed by atoms with E-state index in [4.69, 9.17) is 0 Å². The molecule has 74 valence electrons. The molecule has 2 aliphatic rings. The molecule has 2 fully saturated rings. The zero-order valence-electron chi connectivity index (χ0n) is 8.31. The molecule has 0 aromatic carbocycles. The van der Waals surface area contributed by atoms with Crippen molar-refractivity contribution < 1.29 is 4.79 Å². The van der Waals surface area contributed by atoms with Crippen LogP contribution in [0.2, 0.25) is 0 Å². The first-order valence-electron chi connectivity index (χ1n) is 5.24. The first-order chi connectivity index (χ1) is 6.22. The van der Waals surface area contributed by atoms with Gasteiger partial charge in [0.05, 0.1) is 0 Å². The number of hydrogen-bond donors (Lipinski definition) is 1. The van der Waals surface area contributed by atoms with Gasteiger partial charge in [0.15, 0.2) is 0 Å². The largest absolute Gasteiger partial charge is 0.337 e. The lowest BCUT2D eigenvalue weighted by molar-refractivity contribution is -0.133. The van der Waals surface area contributed by atoms with Crippen molar-refractivity contribution in [2.24, 2.45) is 0 Å². The molecule has 2 rings (SSSR count). The lowest BCUT2D eigenvalue weighted by Crippen LogP contribution is -2.53. The van der Waals surface area contributed by atoms with Gasteiger partial charge in [-0.3, -0.25) is 4.79 Å². The molecule has 2 heterocycles. The Morgan fingerprint density at radius 2 is 2.08 bits per heavy atom. The van der Waals surface area contributed by atoms with Crippen LogP contribution in [0.25, 0.3) is 0 Å². The first-order valence-corrected chi connectivity index (χ1v) is 5.24. The lowest BCUT2D eigenvalue weighted by Gasteiger charge is -2.42. The second-order valence-electron chi connectivity index (χ2n) is 4.40. The van der Waals surface area contributed by atoms with Gasteiger partial charge >= 0.3 is 0 Å². The minimum atomic E-state index is 0.152. The number of nitrogens with one attached hydrogen (secondary N) is 1. The Balaban J connectivity index is 2.07. The van der Waals surface area contributed by atoms with Crippen LogP contribution in [0.5, 0.6) is 0 Å². The number of amides is 1. The van der Waals surface area contributed by atoms with Gasteiger partial charge in [-0.1, -0.05) is 0 Å². The maximum Gasteiger partial charge on any atom is 0.223 e. The Bertz CT molecular complexity index is 209. The van der Waals surface area contributed by atoms with Gasteiger partial charge in [0.2, 0.25) is 5.91 Å². The molecule has 0 saturated carbocycles. The second kappa shape index (κ2) is 3.29. The van der Waals surface area contributed by atoms with E-state index < -0.39 is 0 Å². The fourth-order valence-electron chi connectivity index (χ4n) is 2.45. The molecular weight excluding hydrogens is 164 g/mol. The van der Waals surface area contributed by atoms with Crippen molar-refractivity contribution in [3.63, 3.8) is 0 Å². The summed E-state index contributed by atoms with van der Waals surface area (Å²) in [7, 11) is 0. The highest BCUT2D eigenvalue weighted by molar-refractivity contribution is 5.79. The third kappa shape index (κ3) is 1.57. The molecular formula is C10H18N2O. The van der Waals surface area contributed by atoms with Crippen LogP contribution < -0.4 is 5.32 Å². The van der Waals surface area contributed by atoms with Crippen LogP contribution >= 0.6 is 0 Å². The van der Waals surface area contributed by atoms with Gasteiger partial charge in [0.1, 0.15) is 0 Å². The zero-order valence-corrected chi connectivity index (χ0v) is 8.31. The molecule has 13 heavy (non-hydrogen) atoms. The molecule has 0 aromatic heterocycles. The number of carbonyl (C=O) groups is 1. The lowest BCUT2D eigenvalue weighted by atomic mass is 9.89. The van der Waals surface area contributed by atoms with Crippen molar-refractivity contribution in [1.82, 2.24) is 10.2 Å². The van der Waals surface area contributed by atoms with E-state index in [2.05, 4.69) is 17.1 Å². The molecule has 0 unspecified atom stereocenters. The highest BCUT2D eigenvalue weighted by Gasteiger charge is 2.38. The number of nitrogens with zero attached hydrogens (tertiary/aromatic N) is 1. The summed E-state index contributed by atoms with van der Waals surface area (Å²) < 4.78 is 0. The van der Waals surface area contributed by atoms with Gasteiger partial charge in [-0.25, -0.2) is 0 Å². The third-order valence-corrected chi connectivity index (χ3v) is 3.41. The second-order valence-corrected chi connectivity index (χ2v) is 4.40. The molecule has 1 amide bonds. The van der Waals surface area contributed by atoms with Crippen LogP contribution in [0.4, 0.5) is 0 Å². The van der Waals surface area contributed by atoms with Crippen molar-refractivity contribution in [1.29, 1.82) is 0 Å². The monoisotopic (exact) mass is 182 g/mol. The Morgan fingerprint density at radius 3 is 2.62 bits per heavy atom. The Morgan fingerprint density at radius 1 is 1.38 bits per heavy atom. The third-order valence-electron chi connectivity index (χ3n) is 3.41. The minimum Gasteiger partial charge on any atom is -0.337 e. The predicted molar refractivity (Wildman–Crippen MR) is 51.5 cm³/mol. The van der Waals surface area contributed by atoms with E-state index in [0.717, 1.165) is 45.3 Å². The molecule has 2 saturated heterocycles. The fourth-order valence-corrected chi connectivity index (χ4v) is 2.45. The highest BCUT2D eigenvalue weighted by atomic mass is 16.2. The summed E-state index contributed by atoms with van der Waals surface area (Å²) in [5.41, 5.74) is 0.152. The molecule has 3 nitrogen and oxygen atoms in total. The molecule has 0 bridgehead atoms. The summed E-state index contributed by atoms with van der Waals surface area (Å²) in [5.74, 6) is 0.365. The highest BCUT2D eigenvalue weighted by Crippen LogP contribution is 2.29. The molecule has 0 aliphatic carbocycles.